The van der Waals surface area contributed by atoms with Gasteiger partial charge >= 0.3 is 0 Å². The number of hydrogen-bond donors (Lipinski definition) is 2. The lowest BCUT2D eigenvalue weighted by molar-refractivity contribution is -0.124. The first kappa shape index (κ1) is 17.8. The minimum absolute atomic E-state index is 0.0680. The zero-order valence-electron chi connectivity index (χ0n) is 15.0. The molecule has 0 bridgehead atoms. The first-order valence-electron chi connectivity index (χ1n) is 9.36. The predicted molar refractivity (Wildman–Crippen MR) is 96.3 cm³/mol. The van der Waals surface area contributed by atoms with Gasteiger partial charge in [0.1, 0.15) is 5.75 Å². The molecule has 0 heterocycles. The summed E-state index contributed by atoms with van der Waals surface area (Å²) in [6, 6.07) is 8.02. The van der Waals surface area contributed by atoms with Gasteiger partial charge in [-0.1, -0.05) is 25.0 Å². The number of carbonyl (C=O) groups excluding carboxylic acids is 2. The van der Waals surface area contributed by atoms with E-state index in [2.05, 4.69) is 22.8 Å². The summed E-state index contributed by atoms with van der Waals surface area (Å²) >= 11 is 0. The van der Waals surface area contributed by atoms with Crippen molar-refractivity contribution in [1.82, 2.24) is 10.6 Å². The fourth-order valence-electron chi connectivity index (χ4n) is 3.65. The van der Waals surface area contributed by atoms with Crippen LogP contribution < -0.4 is 15.4 Å². The Morgan fingerprint density at radius 1 is 1.16 bits per heavy atom. The molecule has 2 N–H and O–H groups in total. The van der Waals surface area contributed by atoms with E-state index in [-0.39, 0.29) is 23.3 Å². The summed E-state index contributed by atoms with van der Waals surface area (Å²) in [5, 5.41) is 6.19. The first-order chi connectivity index (χ1) is 12.1. The topological polar surface area (TPSA) is 67.4 Å². The van der Waals surface area contributed by atoms with Crippen LogP contribution in [0.3, 0.4) is 0 Å². The van der Waals surface area contributed by atoms with E-state index < -0.39 is 0 Å². The highest BCUT2D eigenvalue weighted by atomic mass is 16.5. The third kappa shape index (κ3) is 4.53. The number of carbonyl (C=O) groups is 2. The van der Waals surface area contributed by atoms with Gasteiger partial charge in [-0.05, 0) is 49.8 Å². The highest BCUT2D eigenvalue weighted by Crippen LogP contribution is 2.39. The number of methoxy groups -OCH3 is 1. The Hall–Kier alpha value is -2.04. The smallest absolute Gasteiger partial charge is 0.223 e. The lowest BCUT2D eigenvalue weighted by Gasteiger charge is -2.31. The van der Waals surface area contributed by atoms with Crippen LogP contribution in [0.2, 0.25) is 0 Å². The van der Waals surface area contributed by atoms with Crippen molar-refractivity contribution in [2.24, 2.45) is 5.92 Å². The molecule has 2 fully saturated rings. The van der Waals surface area contributed by atoms with Crippen LogP contribution in [0.15, 0.2) is 24.3 Å². The van der Waals surface area contributed by atoms with Gasteiger partial charge in [-0.2, -0.15) is 0 Å². The standard InChI is InChI=1S/C20H28N2O3/c1-25-17-10-8-16(9-11-17)20(12-2-3-13-20)22-18(23)5-4-14-21-19(24)15-6-7-15/h8-11,15H,2-7,12-14H2,1H3,(H,21,24)(H,22,23). The summed E-state index contributed by atoms with van der Waals surface area (Å²) in [7, 11) is 1.66. The Morgan fingerprint density at radius 2 is 1.84 bits per heavy atom. The largest absolute Gasteiger partial charge is 0.497 e. The van der Waals surface area contributed by atoms with Crippen molar-refractivity contribution in [1.29, 1.82) is 0 Å². The Labute approximate surface area is 149 Å². The summed E-state index contributed by atoms with van der Waals surface area (Å²) in [6.45, 7) is 0.582. The van der Waals surface area contributed by atoms with E-state index >= 15 is 0 Å². The molecular formula is C20H28N2O3. The molecular weight excluding hydrogens is 316 g/mol. The van der Waals surface area contributed by atoms with Crippen LogP contribution in [0.25, 0.3) is 0 Å². The monoisotopic (exact) mass is 344 g/mol. The summed E-state index contributed by atoms with van der Waals surface area (Å²) in [5.74, 6) is 1.27. The molecule has 1 aromatic rings. The van der Waals surface area contributed by atoms with Crippen molar-refractivity contribution < 1.29 is 14.3 Å². The van der Waals surface area contributed by atoms with E-state index in [0.29, 0.717) is 19.4 Å². The van der Waals surface area contributed by atoms with Crippen LogP contribution in [0.5, 0.6) is 5.75 Å². The number of hydrogen-bond acceptors (Lipinski definition) is 3. The first-order valence-corrected chi connectivity index (χ1v) is 9.36. The van der Waals surface area contributed by atoms with E-state index in [1.165, 1.54) is 0 Å². The average molecular weight is 344 g/mol. The number of ether oxygens (including phenoxy) is 1. The van der Waals surface area contributed by atoms with Crippen LogP contribution >= 0.6 is 0 Å². The summed E-state index contributed by atoms with van der Waals surface area (Å²) in [5.41, 5.74) is 0.904. The molecule has 0 aromatic heterocycles. The molecule has 25 heavy (non-hydrogen) atoms. The highest BCUT2D eigenvalue weighted by Gasteiger charge is 2.36. The molecule has 0 radical (unpaired) electrons. The third-order valence-electron chi connectivity index (χ3n) is 5.31. The maximum atomic E-state index is 12.4. The van der Waals surface area contributed by atoms with E-state index in [4.69, 9.17) is 4.74 Å². The van der Waals surface area contributed by atoms with E-state index in [0.717, 1.165) is 49.8 Å². The molecule has 2 amide bonds. The molecule has 0 spiro atoms. The van der Waals surface area contributed by atoms with E-state index in [9.17, 15) is 9.59 Å². The molecule has 0 saturated heterocycles. The molecule has 0 aliphatic heterocycles. The minimum atomic E-state index is -0.249. The molecule has 2 aliphatic rings. The Kier molecular flexibility index (Phi) is 5.61. The second kappa shape index (κ2) is 7.89. The number of nitrogens with one attached hydrogen (secondary N) is 2. The van der Waals surface area contributed by atoms with E-state index in [1.807, 2.05) is 12.1 Å². The average Bonchev–Trinajstić information content (AvgIpc) is 3.38. The van der Waals surface area contributed by atoms with Crippen molar-refractivity contribution in [3.63, 3.8) is 0 Å². The second-order valence-corrected chi connectivity index (χ2v) is 7.23. The lowest BCUT2D eigenvalue weighted by Crippen LogP contribution is -2.44. The van der Waals surface area contributed by atoms with Gasteiger partial charge in [0.25, 0.3) is 0 Å². The number of amides is 2. The zero-order valence-corrected chi connectivity index (χ0v) is 15.0. The van der Waals surface area contributed by atoms with Gasteiger partial charge in [0.2, 0.25) is 11.8 Å². The Balaban J connectivity index is 1.51. The summed E-state index contributed by atoms with van der Waals surface area (Å²) < 4.78 is 5.23. The van der Waals surface area contributed by atoms with Gasteiger partial charge in [-0.15, -0.1) is 0 Å². The molecule has 2 saturated carbocycles. The Morgan fingerprint density at radius 3 is 2.44 bits per heavy atom. The quantitative estimate of drug-likeness (QED) is 0.713. The third-order valence-corrected chi connectivity index (χ3v) is 5.31. The molecule has 5 heteroatoms. The SMILES string of the molecule is COc1ccc(C2(NC(=O)CCCNC(=O)C3CC3)CCCC2)cc1. The van der Waals surface area contributed by atoms with Crippen LogP contribution in [0.1, 0.15) is 56.9 Å². The molecule has 2 aliphatic carbocycles. The van der Waals surface area contributed by atoms with Crippen LogP contribution in [-0.4, -0.2) is 25.5 Å². The van der Waals surface area contributed by atoms with Crippen LogP contribution in [0.4, 0.5) is 0 Å². The van der Waals surface area contributed by atoms with Gasteiger partial charge in [-0.25, -0.2) is 0 Å². The van der Waals surface area contributed by atoms with Crippen LogP contribution in [0, 0.1) is 5.92 Å². The molecule has 3 rings (SSSR count). The highest BCUT2D eigenvalue weighted by molar-refractivity contribution is 5.81. The lowest BCUT2D eigenvalue weighted by atomic mass is 9.88. The predicted octanol–water partition coefficient (Wildman–Crippen LogP) is 2.89. The Bertz CT molecular complexity index is 602. The number of benzene rings is 1. The van der Waals surface area contributed by atoms with Gasteiger partial charge in [0.15, 0.2) is 0 Å². The number of rotatable bonds is 8. The van der Waals surface area contributed by atoms with Crippen molar-refractivity contribution in [2.75, 3.05) is 13.7 Å². The summed E-state index contributed by atoms with van der Waals surface area (Å²) in [4.78, 5) is 24.0. The maximum absolute atomic E-state index is 12.4. The zero-order chi connectivity index (χ0) is 17.7. The minimum Gasteiger partial charge on any atom is -0.497 e. The second-order valence-electron chi connectivity index (χ2n) is 7.23. The van der Waals surface area contributed by atoms with Crippen molar-refractivity contribution >= 4 is 11.8 Å². The van der Waals surface area contributed by atoms with E-state index in [1.54, 1.807) is 7.11 Å². The van der Waals surface area contributed by atoms with Crippen molar-refractivity contribution in [3.05, 3.63) is 29.8 Å². The van der Waals surface area contributed by atoms with Crippen molar-refractivity contribution in [2.45, 2.75) is 56.9 Å². The summed E-state index contributed by atoms with van der Waals surface area (Å²) in [6.07, 6.45) is 7.36. The van der Waals surface area contributed by atoms with Gasteiger partial charge in [0, 0.05) is 18.9 Å². The van der Waals surface area contributed by atoms with Gasteiger partial charge in [-0.3, -0.25) is 9.59 Å². The fourth-order valence-corrected chi connectivity index (χ4v) is 3.65. The molecule has 1 aromatic carbocycles. The molecule has 5 nitrogen and oxygen atoms in total. The van der Waals surface area contributed by atoms with Crippen LogP contribution in [-0.2, 0) is 15.1 Å². The fraction of sp³-hybridized carbons (Fsp3) is 0.600. The van der Waals surface area contributed by atoms with Crippen molar-refractivity contribution in [3.8, 4) is 5.75 Å². The maximum Gasteiger partial charge on any atom is 0.223 e. The molecule has 0 unspecified atom stereocenters. The normalized spacial score (nSPS) is 18.6. The van der Waals surface area contributed by atoms with Gasteiger partial charge < -0.3 is 15.4 Å². The molecule has 0 atom stereocenters. The molecule has 136 valence electrons. The van der Waals surface area contributed by atoms with Gasteiger partial charge in [0.05, 0.1) is 12.6 Å².